The molecule has 0 aromatic heterocycles. The molecule has 1 aliphatic rings. The first-order valence-electron chi connectivity index (χ1n) is 8.42. The van der Waals surface area contributed by atoms with Crippen LogP contribution in [0, 0.1) is 6.92 Å². The number of piperazine rings is 1. The van der Waals surface area contributed by atoms with Crippen LogP contribution in [0.15, 0.2) is 60.7 Å². The van der Waals surface area contributed by atoms with Crippen molar-refractivity contribution in [2.24, 2.45) is 0 Å². The molecule has 1 atom stereocenters. The van der Waals surface area contributed by atoms with Crippen LogP contribution in [0.2, 0.25) is 0 Å². The van der Waals surface area contributed by atoms with Gasteiger partial charge in [0.25, 0.3) is 0 Å². The third kappa shape index (κ3) is 3.92. The van der Waals surface area contributed by atoms with Crippen molar-refractivity contribution in [2.75, 3.05) is 26.7 Å². The Bertz CT molecular complexity index is 706. The van der Waals surface area contributed by atoms with E-state index < -0.39 is 0 Å². The van der Waals surface area contributed by atoms with Gasteiger partial charge < -0.3 is 9.80 Å². The lowest BCUT2D eigenvalue weighted by molar-refractivity contribution is -0.130. The second-order valence-electron chi connectivity index (χ2n) is 6.46. The minimum atomic E-state index is 0.0810. The van der Waals surface area contributed by atoms with Gasteiger partial charge in [0.05, 0.1) is 6.04 Å². The van der Waals surface area contributed by atoms with Gasteiger partial charge in [0.1, 0.15) is 0 Å². The fraction of sp³-hybridized carbons (Fsp3) is 0.286. The van der Waals surface area contributed by atoms with Gasteiger partial charge in [0.2, 0.25) is 5.91 Å². The van der Waals surface area contributed by atoms with Crippen LogP contribution in [0.5, 0.6) is 0 Å². The van der Waals surface area contributed by atoms with Crippen LogP contribution in [-0.4, -0.2) is 42.4 Å². The molecule has 1 amide bonds. The van der Waals surface area contributed by atoms with Gasteiger partial charge in [-0.15, -0.1) is 0 Å². The normalized spacial score (nSPS) is 18.9. The fourth-order valence-corrected chi connectivity index (χ4v) is 3.08. The first kappa shape index (κ1) is 16.5. The summed E-state index contributed by atoms with van der Waals surface area (Å²) >= 11 is 0. The number of rotatable bonds is 3. The van der Waals surface area contributed by atoms with Crippen molar-refractivity contribution in [3.8, 4) is 0 Å². The maximum absolute atomic E-state index is 12.7. The lowest BCUT2D eigenvalue weighted by Gasteiger charge is -2.39. The molecular weight excluding hydrogens is 296 g/mol. The second kappa shape index (κ2) is 7.45. The zero-order valence-electron chi connectivity index (χ0n) is 14.4. The zero-order chi connectivity index (χ0) is 16.9. The van der Waals surface area contributed by atoms with Crippen LogP contribution in [-0.2, 0) is 4.79 Å². The minimum absolute atomic E-state index is 0.0810. The van der Waals surface area contributed by atoms with Crippen molar-refractivity contribution < 1.29 is 4.79 Å². The van der Waals surface area contributed by atoms with Crippen LogP contribution in [0.4, 0.5) is 0 Å². The summed E-state index contributed by atoms with van der Waals surface area (Å²) in [5, 5.41) is 0. The summed E-state index contributed by atoms with van der Waals surface area (Å²) in [7, 11) is 2.11. The van der Waals surface area contributed by atoms with Gasteiger partial charge in [-0.1, -0.05) is 60.2 Å². The number of carbonyl (C=O) groups is 1. The molecule has 1 heterocycles. The van der Waals surface area contributed by atoms with E-state index in [1.54, 1.807) is 6.08 Å². The number of benzene rings is 2. The van der Waals surface area contributed by atoms with Gasteiger partial charge in [0.15, 0.2) is 0 Å². The van der Waals surface area contributed by atoms with E-state index in [-0.39, 0.29) is 11.9 Å². The molecule has 0 spiro atoms. The summed E-state index contributed by atoms with van der Waals surface area (Å²) in [6.45, 7) is 4.60. The Morgan fingerprint density at radius 1 is 1.04 bits per heavy atom. The van der Waals surface area contributed by atoms with Crippen LogP contribution >= 0.6 is 0 Å². The molecule has 0 radical (unpaired) electrons. The van der Waals surface area contributed by atoms with E-state index in [0.29, 0.717) is 0 Å². The lowest BCUT2D eigenvalue weighted by atomic mass is 10.0. The largest absolute Gasteiger partial charge is 0.330 e. The summed E-state index contributed by atoms with van der Waals surface area (Å²) in [6, 6.07) is 18.6. The third-order valence-electron chi connectivity index (χ3n) is 4.55. The number of aryl methyl sites for hydroxylation is 1. The summed E-state index contributed by atoms with van der Waals surface area (Å²) in [5.41, 5.74) is 3.47. The molecule has 0 bridgehead atoms. The molecule has 1 saturated heterocycles. The topological polar surface area (TPSA) is 23.6 Å². The predicted octanol–water partition coefficient (Wildman–Crippen LogP) is 3.52. The van der Waals surface area contributed by atoms with E-state index in [1.807, 2.05) is 41.3 Å². The van der Waals surface area contributed by atoms with Crippen molar-refractivity contribution in [2.45, 2.75) is 13.0 Å². The monoisotopic (exact) mass is 320 g/mol. The quantitative estimate of drug-likeness (QED) is 0.808. The summed E-state index contributed by atoms with van der Waals surface area (Å²) in [6.07, 6.45) is 3.61. The molecule has 124 valence electrons. The summed E-state index contributed by atoms with van der Waals surface area (Å²) in [4.78, 5) is 17.0. The molecule has 1 aliphatic heterocycles. The van der Waals surface area contributed by atoms with Crippen molar-refractivity contribution in [1.82, 2.24) is 9.80 Å². The van der Waals surface area contributed by atoms with E-state index in [2.05, 4.69) is 43.1 Å². The van der Waals surface area contributed by atoms with Gasteiger partial charge in [-0.25, -0.2) is 0 Å². The van der Waals surface area contributed by atoms with Gasteiger partial charge >= 0.3 is 0 Å². The Morgan fingerprint density at radius 2 is 1.75 bits per heavy atom. The Hall–Kier alpha value is -2.39. The average molecular weight is 320 g/mol. The molecule has 3 rings (SSSR count). The van der Waals surface area contributed by atoms with Crippen LogP contribution in [0.3, 0.4) is 0 Å². The first-order chi connectivity index (χ1) is 11.6. The van der Waals surface area contributed by atoms with E-state index in [1.165, 1.54) is 11.1 Å². The van der Waals surface area contributed by atoms with Gasteiger partial charge in [-0.3, -0.25) is 4.79 Å². The fourth-order valence-electron chi connectivity index (χ4n) is 3.08. The SMILES string of the molecule is Cc1ccc(/C=C/C(=O)N2CCN(C)CC2c2ccccc2)cc1. The smallest absolute Gasteiger partial charge is 0.247 e. The molecular formula is C21H24N2O. The maximum atomic E-state index is 12.7. The van der Waals surface area contributed by atoms with Gasteiger partial charge in [-0.05, 0) is 31.2 Å². The molecule has 0 aliphatic carbocycles. The van der Waals surface area contributed by atoms with E-state index in [4.69, 9.17) is 0 Å². The average Bonchev–Trinajstić information content (AvgIpc) is 2.61. The Kier molecular flexibility index (Phi) is 5.11. The molecule has 1 unspecified atom stereocenters. The molecule has 0 N–H and O–H groups in total. The lowest BCUT2D eigenvalue weighted by Crippen LogP contribution is -2.48. The Labute approximate surface area is 144 Å². The number of carbonyl (C=O) groups excluding carboxylic acids is 1. The highest BCUT2D eigenvalue weighted by Crippen LogP contribution is 2.25. The molecule has 2 aromatic carbocycles. The van der Waals surface area contributed by atoms with Crippen molar-refractivity contribution in [3.63, 3.8) is 0 Å². The molecule has 1 fully saturated rings. The Balaban J connectivity index is 1.77. The van der Waals surface area contributed by atoms with E-state index >= 15 is 0 Å². The molecule has 3 heteroatoms. The van der Waals surface area contributed by atoms with Crippen molar-refractivity contribution >= 4 is 12.0 Å². The van der Waals surface area contributed by atoms with Crippen LogP contribution in [0.25, 0.3) is 6.08 Å². The zero-order valence-corrected chi connectivity index (χ0v) is 14.4. The van der Waals surface area contributed by atoms with Crippen LogP contribution < -0.4 is 0 Å². The predicted molar refractivity (Wildman–Crippen MR) is 98.6 cm³/mol. The van der Waals surface area contributed by atoms with Crippen molar-refractivity contribution in [3.05, 3.63) is 77.4 Å². The summed E-state index contributed by atoms with van der Waals surface area (Å²) in [5.74, 6) is 0.0810. The number of amides is 1. The van der Waals surface area contributed by atoms with E-state index in [0.717, 1.165) is 25.2 Å². The standard InChI is InChI=1S/C21H24N2O/c1-17-8-10-18(11-9-17)12-13-21(24)23-15-14-22(2)16-20(23)19-6-4-3-5-7-19/h3-13,20H,14-16H2,1-2H3/b13-12+. The highest BCUT2D eigenvalue weighted by Gasteiger charge is 2.28. The Morgan fingerprint density at radius 3 is 2.46 bits per heavy atom. The number of hydrogen-bond acceptors (Lipinski definition) is 2. The van der Waals surface area contributed by atoms with Crippen molar-refractivity contribution in [1.29, 1.82) is 0 Å². The van der Waals surface area contributed by atoms with Gasteiger partial charge in [0, 0.05) is 25.7 Å². The van der Waals surface area contributed by atoms with Gasteiger partial charge in [-0.2, -0.15) is 0 Å². The second-order valence-corrected chi connectivity index (χ2v) is 6.46. The maximum Gasteiger partial charge on any atom is 0.247 e. The van der Waals surface area contributed by atoms with E-state index in [9.17, 15) is 4.79 Å². The number of hydrogen-bond donors (Lipinski definition) is 0. The van der Waals surface area contributed by atoms with Crippen LogP contribution in [0.1, 0.15) is 22.7 Å². The molecule has 24 heavy (non-hydrogen) atoms. The number of nitrogens with zero attached hydrogens (tertiary/aromatic N) is 2. The molecule has 3 nitrogen and oxygen atoms in total. The number of likely N-dealkylation sites (N-methyl/N-ethyl adjacent to an activating group) is 1. The molecule has 0 saturated carbocycles. The summed E-state index contributed by atoms with van der Waals surface area (Å²) < 4.78 is 0. The molecule has 2 aromatic rings. The highest BCUT2D eigenvalue weighted by molar-refractivity contribution is 5.92. The third-order valence-corrected chi connectivity index (χ3v) is 4.55. The first-order valence-corrected chi connectivity index (χ1v) is 8.42. The highest BCUT2D eigenvalue weighted by atomic mass is 16.2. The minimum Gasteiger partial charge on any atom is -0.330 e.